The Bertz CT molecular complexity index is 171. The molecule has 0 radical (unpaired) electrons. The molecule has 0 N–H and O–H groups in total. The summed E-state index contributed by atoms with van der Waals surface area (Å²) in [7, 11) is 0.984. The first kappa shape index (κ1) is 11.1. The molecule has 1 aliphatic rings. The number of hydrogen-bond donors (Lipinski definition) is 0. The fourth-order valence-electron chi connectivity index (χ4n) is 1.57. The monoisotopic (exact) mass is 184 g/mol. The standard InChI is InChI=1S/C10H21BO2/c1-7(2)12-8-11-9(3,4)10(5,6)13-8/h7-8,11H,1-6H3. The Balaban J connectivity index is 2.60. The molecule has 0 bridgehead atoms. The molecule has 2 nitrogen and oxygen atoms in total. The van der Waals surface area contributed by atoms with E-state index >= 15 is 0 Å². The molecule has 1 unspecified atom stereocenters. The Morgan fingerprint density at radius 2 is 1.77 bits per heavy atom. The zero-order chi connectivity index (χ0) is 10.3. The van der Waals surface area contributed by atoms with Gasteiger partial charge in [0.25, 0.3) is 0 Å². The predicted octanol–water partition coefficient (Wildman–Crippen LogP) is 2.14. The molecule has 0 saturated carbocycles. The molecule has 1 fully saturated rings. The van der Waals surface area contributed by atoms with Gasteiger partial charge in [0.15, 0.2) is 0 Å². The van der Waals surface area contributed by atoms with Crippen LogP contribution in [0.3, 0.4) is 0 Å². The van der Waals surface area contributed by atoms with Crippen LogP contribution in [0.1, 0.15) is 41.5 Å². The normalized spacial score (nSPS) is 30.5. The van der Waals surface area contributed by atoms with E-state index in [9.17, 15) is 0 Å². The van der Waals surface area contributed by atoms with Gasteiger partial charge in [-0.15, -0.1) is 0 Å². The van der Waals surface area contributed by atoms with Crippen LogP contribution in [0.15, 0.2) is 0 Å². The summed E-state index contributed by atoms with van der Waals surface area (Å²) in [6.45, 7) is 12.8. The zero-order valence-corrected chi connectivity index (χ0v) is 9.68. The summed E-state index contributed by atoms with van der Waals surface area (Å²) in [5.74, 6) is 0. The lowest BCUT2D eigenvalue weighted by Gasteiger charge is -2.32. The van der Waals surface area contributed by atoms with Crippen LogP contribution in [0.4, 0.5) is 0 Å². The van der Waals surface area contributed by atoms with Gasteiger partial charge < -0.3 is 9.47 Å². The largest absolute Gasteiger partial charge is 0.358 e. The van der Waals surface area contributed by atoms with Crippen molar-refractivity contribution in [1.82, 2.24) is 0 Å². The van der Waals surface area contributed by atoms with Gasteiger partial charge in [0.1, 0.15) is 6.19 Å². The molecule has 1 heterocycles. The van der Waals surface area contributed by atoms with Gasteiger partial charge in [-0.1, -0.05) is 13.8 Å². The van der Waals surface area contributed by atoms with E-state index in [1.54, 1.807) is 0 Å². The van der Waals surface area contributed by atoms with Crippen molar-refractivity contribution in [3.05, 3.63) is 0 Å². The first-order valence-electron chi connectivity index (χ1n) is 5.08. The molecule has 0 aromatic rings. The van der Waals surface area contributed by atoms with Gasteiger partial charge in [0, 0.05) is 0 Å². The summed E-state index contributed by atoms with van der Waals surface area (Å²) < 4.78 is 11.5. The lowest BCUT2D eigenvalue weighted by molar-refractivity contribution is -0.160. The van der Waals surface area contributed by atoms with E-state index in [0.717, 1.165) is 7.28 Å². The molecule has 0 amide bonds. The Morgan fingerprint density at radius 3 is 2.08 bits per heavy atom. The van der Waals surface area contributed by atoms with E-state index in [4.69, 9.17) is 9.47 Å². The minimum Gasteiger partial charge on any atom is -0.358 e. The minimum absolute atomic E-state index is 0.0231. The molecule has 0 aromatic heterocycles. The topological polar surface area (TPSA) is 18.5 Å². The summed E-state index contributed by atoms with van der Waals surface area (Å²) >= 11 is 0. The van der Waals surface area contributed by atoms with Crippen molar-refractivity contribution in [2.45, 2.75) is 64.8 Å². The van der Waals surface area contributed by atoms with Crippen LogP contribution in [-0.4, -0.2) is 25.2 Å². The predicted molar refractivity (Wildman–Crippen MR) is 56.4 cm³/mol. The number of ether oxygens (including phenoxy) is 2. The summed E-state index contributed by atoms with van der Waals surface area (Å²) in [6.07, 6.45) is 0.222. The number of rotatable bonds is 2. The maximum Gasteiger partial charge on any atom is 0.201 e. The third kappa shape index (κ3) is 2.26. The van der Waals surface area contributed by atoms with Crippen LogP contribution < -0.4 is 0 Å². The van der Waals surface area contributed by atoms with Crippen LogP contribution in [0.2, 0.25) is 5.31 Å². The second-order valence-electron chi connectivity index (χ2n) is 5.33. The Kier molecular flexibility index (Phi) is 2.79. The van der Waals surface area contributed by atoms with Crippen molar-refractivity contribution in [3.63, 3.8) is 0 Å². The molecule has 1 atom stereocenters. The molecule has 76 valence electrons. The highest BCUT2D eigenvalue weighted by molar-refractivity contribution is 6.42. The molecule has 3 heteroatoms. The highest BCUT2D eigenvalue weighted by atomic mass is 16.7. The highest BCUT2D eigenvalue weighted by Gasteiger charge is 2.49. The smallest absolute Gasteiger partial charge is 0.201 e. The van der Waals surface area contributed by atoms with Crippen molar-refractivity contribution >= 4 is 7.28 Å². The Labute approximate surface area is 82.2 Å². The maximum atomic E-state index is 5.85. The van der Waals surface area contributed by atoms with Crippen LogP contribution in [0.25, 0.3) is 0 Å². The summed E-state index contributed by atoms with van der Waals surface area (Å²) in [5.41, 5.74) is -0.0768. The van der Waals surface area contributed by atoms with Gasteiger partial charge in [0.05, 0.1) is 11.7 Å². The van der Waals surface area contributed by atoms with E-state index in [1.807, 2.05) is 13.8 Å². The third-order valence-electron chi connectivity index (χ3n) is 3.16. The molecule has 13 heavy (non-hydrogen) atoms. The fourth-order valence-corrected chi connectivity index (χ4v) is 1.57. The quantitative estimate of drug-likeness (QED) is 0.612. The third-order valence-corrected chi connectivity index (χ3v) is 3.16. The van der Waals surface area contributed by atoms with Gasteiger partial charge in [0.2, 0.25) is 7.28 Å². The van der Waals surface area contributed by atoms with E-state index in [0.29, 0.717) is 0 Å². The summed E-state index contributed by atoms with van der Waals surface area (Å²) in [6, 6.07) is 0. The lowest BCUT2D eigenvalue weighted by atomic mass is 9.50. The van der Waals surface area contributed by atoms with Gasteiger partial charge >= 0.3 is 0 Å². The summed E-state index contributed by atoms with van der Waals surface area (Å²) in [4.78, 5) is 0. The molecular weight excluding hydrogens is 163 g/mol. The first-order chi connectivity index (χ1) is 5.74. The van der Waals surface area contributed by atoms with Crippen molar-refractivity contribution in [2.75, 3.05) is 0 Å². The molecule has 0 spiro atoms. The van der Waals surface area contributed by atoms with Crippen LogP contribution in [0, 0.1) is 0 Å². The summed E-state index contributed by atoms with van der Waals surface area (Å²) in [5, 5.41) is 0.201. The highest BCUT2D eigenvalue weighted by Crippen LogP contribution is 2.46. The lowest BCUT2D eigenvalue weighted by Crippen LogP contribution is -2.31. The molecular formula is C10H21BO2. The van der Waals surface area contributed by atoms with Crippen molar-refractivity contribution < 1.29 is 9.47 Å². The maximum absolute atomic E-state index is 5.85. The van der Waals surface area contributed by atoms with E-state index in [-0.39, 0.29) is 23.2 Å². The van der Waals surface area contributed by atoms with Crippen LogP contribution in [-0.2, 0) is 9.47 Å². The Hall–Kier alpha value is -0.0151. The van der Waals surface area contributed by atoms with Crippen molar-refractivity contribution in [3.8, 4) is 0 Å². The van der Waals surface area contributed by atoms with Crippen molar-refractivity contribution in [2.24, 2.45) is 0 Å². The average Bonchev–Trinajstić information content (AvgIpc) is 1.98. The molecule has 1 aliphatic heterocycles. The number of hydrogen-bond acceptors (Lipinski definition) is 2. The minimum atomic E-state index is -0.0768. The molecule has 0 aromatic carbocycles. The fraction of sp³-hybridized carbons (Fsp3) is 1.00. The van der Waals surface area contributed by atoms with Gasteiger partial charge in [-0.25, -0.2) is 0 Å². The van der Waals surface area contributed by atoms with Gasteiger partial charge in [-0.05, 0) is 33.0 Å². The zero-order valence-electron chi connectivity index (χ0n) is 9.68. The van der Waals surface area contributed by atoms with E-state index in [1.165, 1.54) is 0 Å². The van der Waals surface area contributed by atoms with Gasteiger partial charge in [-0.3, -0.25) is 0 Å². The Morgan fingerprint density at radius 1 is 1.23 bits per heavy atom. The van der Waals surface area contributed by atoms with Crippen LogP contribution >= 0.6 is 0 Å². The van der Waals surface area contributed by atoms with E-state index < -0.39 is 0 Å². The van der Waals surface area contributed by atoms with Crippen molar-refractivity contribution in [1.29, 1.82) is 0 Å². The van der Waals surface area contributed by atoms with Gasteiger partial charge in [-0.2, -0.15) is 0 Å². The molecule has 1 rings (SSSR count). The second-order valence-corrected chi connectivity index (χ2v) is 5.33. The SMILES string of the molecule is CC(C)OC1BC(C)(C)C(C)(C)O1. The molecule has 0 aliphatic carbocycles. The van der Waals surface area contributed by atoms with E-state index in [2.05, 4.69) is 27.7 Å². The van der Waals surface area contributed by atoms with Crippen LogP contribution in [0.5, 0.6) is 0 Å². The molecule has 1 saturated heterocycles. The second kappa shape index (κ2) is 3.28. The average molecular weight is 184 g/mol. The first-order valence-corrected chi connectivity index (χ1v) is 5.08.